The quantitative estimate of drug-likeness (QED) is 0.680. The van der Waals surface area contributed by atoms with Crippen LogP contribution in [-0.2, 0) is 6.61 Å². The van der Waals surface area contributed by atoms with Crippen molar-refractivity contribution in [1.82, 2.24) is 9.97 Å². The van der Waals surface area contributed by atoms with Crippen molar-refractivity contribution in [3.8, 4) is 11.1 Å². The Hall–Kier alpha value is -2.33. The maximum Gasteiger partial charge on any atom is 0.140 e. The van der Waals surface area contributed by atoms with E-state index in [1.165, 1.54) is 25.7 Å². The van der Waals surface area contributed by atoms with Gasteiger partial charge in [-0.25, -0.2) is 4.98 Å². The molecule has 0 bridgehead atoms. The first kappa shape index (κ1) is 14.3. The average molecular weight is 307 g/mol. The lowest BCUT2D eigenvalue weighted by atomic mass is 10.0. The molecule has 3 aromatic rings. The number of nitrogens with one attached hydrogen (secondary N) is 2. The van der Waals surface area contributed by atoms with Gasteiger partial charge in [0.05, 0.1) is 6.61 Å². The molecular formula is C19H21N3O. The van der Waals surface area contributed by atoms with E-state index in [9.17, 15) is 5.11 Å². The number of pyridine rings is 1. The van der Waals surface area contributed by atoms with Gasteiger partial charge in [-0.3, -0.25) is 0 Å². The zero-order valence-electron chi connectivity index (χ0n) is 13.0. The van der Waals surface area contributed by atoms with Crippen molar-refractivity contribution in [3.63, 3.8) is 0 Å². The van der Waals surface area contributed by atoms with Gasteiger partial charge in [-0.1, -0.05) is 31.0 Å². The molecule has 2 aromatic heterocycles. The molecule has 118 valence electrons. The van der Waals surface area contributed by atoms with Crippen molar-refractivity contribution in [1.29, 1.82) is 0 Å². The summed E-state index contributed by atoms with van der Waals surface area (Å²) in [7, 11) is 0. The summed E-state index contributed by atoms with van der Waals surface area (Å²) in [4.78, 5) is 7.93. The lowest BCUT2D eigenvalue weighted by Crippen LogP contribution is -2.15. The molecule has 2 heterocycles. The fraction of sp³-hybridized carbons (Fsp3) is 0.316. The first-order valence-corrected chi connectivity index (χ1v) is 8.28. The first-order valence-electron chi connectivity index (χ1n) is 8.28. The molecule has 4 nitrogen and oxygen atoms in total. The number of aromatic amines is 1. The van der Waals surface area contributed by atoms with Crippen LogP contribution in [0, 0.1) is 0 Å². The number of nitrogens with zero attached hydrogens (tertiary/aromatic N) is 1. The number of fused-ring (bicyclic) bond motifs is 1. The highest BCUT2D eigenvalue weighted by molar-refractivity contribution is 5.94. The zero-order chi connectivity index (χ0) is 15.6. The summed E-state index contributed by atoms with van der Waals surface area (Å²) in [6.45, 7) is 0.0579. The summed E-state index contributed by atoms with van der Waals surface area (Å²) in [5, 5.41) is 14.1. The molecule has 1 aliphatic rings. The predicted octanol–water partition coefficient (Wildman–Crippen LogP) is 4.08. The predicted molar refractivity (Wildman–Crippen MR) is 93.3 cm³/mol. The number of benzene rings is 1. The van der Waals surface area contributed by atoms with Crippen LogP contribution in [0.2, 0.25) is 0 Å². The van der Waals surface area contributed by atoms with Crippen LogP contribution in [0.1, 0.15) is 31.2 Å². The number of rotatable bonds is 4. The smallest absolute Gasteiger partial charge is 0.140 e. The van der Waals surface area contributed by atoms with E-state index in [-0.39, 0.29) is 6.61 Å². The SMILES string of the molecule is OCc1cccc(-c2cc(NC3CCCC3)nc3[nH]ccc23)c1. The Kier molecular flexibility index (Phi) is 3.75. The minimum atomic E-state index is 0.0579. The third-order valence-corrected chi connectivity index (χ3v) is 4.66. The Balaban J connectivity index is 1.78. The lowest BCUT2D eigenvalue weighted by molar-refractivity contribution is 0.282. The summed E-state index contributed by atoms with van der Waals surface area (Å²) in [5.41, 5.74) is 4.08. The van der Waals surface area contributed by atoms with E-state index in [2.05, 4.69) is 28.5 Å². The number of aliphatic hydroxyl groups is 1. The van der Waals surface area contributed by atoms with Crippen molar-refractivity contribution >= 4 is 16.9 Å². The molecule has 1 aliphatic carbocycles. The average Bonchev–Trinajstić information content (AvgIpc) is 3.25. The fourth-order valence-corrected chi connectivity index (χ4v) is 3.47. The van der Waals surface area contributed by atoms with E-state index in [0.717, 1.165) is 33.5 Å². The van der Waals surface area contributed by atoms with Gasteiger partial charge < -0.3 is 15.4 Å². The zero-order valence-corrected chi connectivity index (χ0v) is 13.0. The molecule has 0 unspecified atom stereocenters. The lowest BCUT2D eigenvalue weighted by Gasteiger charge is -2.14. The molecule has 0 radical (unpaired) electrons. The van der Waals surface area contributed by atoms with Gasteiger partial charge >= 0.3 is 0 Å². The van der Waals surface area contributed by atoms with Crippen LogP contribution in [0.15, 0.2) is 42.6 Å². The number of H-pyrrole nitrogens is 1. The van der Waals surface area contributed by atoms with Crippen molar-refractivity contribution in [3.05, 3.63) is 48.2 Å². The molecule has 23 heavy (non-hydrogen) atoms. The summed E-state index contributed by atoms with van der Waals surface area (Å²) in [6.07, 6.45) is 6.97. The summed E-state index contributed by atoms with van der Waals surface area (Å²) in [6, 6.07) is 12.8. The van der Waals surface area contributed by atoms with Gasteiger partial charge in [0.2, 0.25) is 0 Å². The maximum atomic E-state index is 9.40. The van der Waals surface area contributed by atoms with Gasteiger partial charge in [0.1, 0.15) is 11.5 Å². The van der Waals surface area contributed by atoms with Gasteiger partial charge in [-0.2, -0.15) is 0 Å². The summed E-state index contributed by atoms with van der Waals surface area (Å²) >= 11 is 0. The highest BCUT2D eigenvalue weighted by Crippen LogP contribution is 2.31. The monoisotopic (exact) mass is 307 g/mol. The van der Waals surface area contributed by atoms with Crippen molar-refractivity contribution in [2.24, 2.45) is 0 Å². The Bertz CT molecular complexity index is 818. The largest absolute Gasteiger partial charge is 0.392 e. The third-order valence-electron chi connectivity index (χ3n) is 4.66. The number of aromatic nitrogens is 2. The minimum absolute atomic E-state index is 0.0579. The van der Waals surface area contributed by atoms with Crippen LogP contribution < -0.4 is 5.32 Å². The van der Waals surface area contributed by atoms with E-state index in [1.54, 1.807) is 0 Å². The molecule has 1 aromatic carbocycles. The van der Waals surface area contributed by atoms with Crippen molar-refractivity contribution < 1.29 is 5.11 Å². The van der Waals surface area contributed by atoms with E-state index in [0.29, 0.717) is 6.04 Å². The molecule has 0 aliphatic heterocycles. The molecular weight excluding hydrogens is 286 g/mol. The number of anilines is 1. The molecule has 4 rings (SSSR count). The number of aliphatic hydroxyl groups excluding tert-OH is 1. The van der Waals surface area contributed by atoms with Crippen LogP contribution in [0.5, 0.6) is 0 Å². The van der Waals surface area contributed by atoms with E-state index < -0.39 is 0 Å². The maximum absolute atomic E-state index is 9.40. The standard InChI is InChI=1S/C19H21N3O/c23-12-13-4-3-5-14(10-13)17-11-18(21-15-6-1-2-7-15)22-19-16(17)8-9-20-19/h3-5,8-11,15,23H,1-2,6-7,12H2,(H2,20,21,22). The third kappa shape index (κ3) is 2.82. The van der Waals surface area contributed by atoms with Crippen LogP contribution in [0.3, 0.4) is 0 Å². The van der Waals surface area contributed by atoms with Gasteiger partial charge in [0.15, 0.2) is 0 Å². The van der Waals surface area contributed by atoms with Gasteiger partial charge in [-0.15, -0.1) is 0 Å². The van der Waals surface area contributed by atoms with E-state index >= 15 is 0 Å². The molecule has 0 amide bonds. The minimum Gasteiger partial charge on any atom is -0.392 e. The normalized spacial score (nSPS) is 15.3. The molecule has 0 spiro atoms. The second kappa shape index (κ2) is 6.05. The van der Waals surface area contributed by atoms with E-state index in [4.69, 9.17) is 4.98 Å². The number of hydrogen-bond donors (Lipinski definition) is 3. The second-order valence-corrected chi connectivity index (χ2v) is 6.28. The molecule has 4 heteroatoms. The summed E-state index contributed by atoms with van der Waals surface area (Å²) in [5.74, 6) is 0.927. The van der Waals surface area contributed by atoms with Gasteiger partial charge in [-0.05, 0) is 47.7 Å². The Morgan fingerprint density at radius 3 is 2.87 bits per heavy atom. The van der Waals surface area contributed by atoms with Crippen LogP contribution in [-0.4, -0.2) is 21.1 Å². The second-order valence-electron chi connectivity index (χ2n) is 6.28. The molecule has 0 saturated heterocycles. The van der Waals surface area contributed by atoms with Crippen LogP contribution >= 0.6 is 0 Å². The van der Waals surface area contributed by atoms with Crippen LogP contribution in [0.25, 0.3) is 22.2 Å². The molecule has 3 N–H and O–H groups in total. The van der Waals surface area contributed by atoms with E-state index in [1.807, 2.05) is 24.4 Å². The Morgan fingerprint density at radius 1 is 1.17 bits per heavy atom. The van der Waals surface area contributed by atoms with Gasteiger partial charge in [0.25, 0.3) is 0 Å². The Labute approximate surface area is 135 Å². The number of hydrogen-bond acceptors (Lipinski definition) is 3. The summed E-state index contributed by atoms with van der Waals surface area (Å²) < 4.78 is 0. The highest BCUT2D eigenvalue weighted by atomic mass is 16.3. The van der Waals surface area contributed by atoms with Crippen molar-refractivity contribution in [2.45, 2.75) is 38.3 Å². The topological polar surface area (TPSA) is 60.9 Å². The first-order chi connectivity index (χ1) is 11.3. The van der Waals surface area contributed by atoms with Crippen molar-refractivity contribution in [2.75, 3.05) is 5.32 Å². The van der Waals surface area contributed by atoms with Gasteiger partial charge in [0, 0.05) is 17.6 Å². The molecule has 1 fully saturated rings. The molecule has 0 atom stereocenters. The Morgan fingerprint density at radius 2 is 2.04 bits per heavy atom. The van der Waals surface area contributed by atoms with Crippen LogP contribution in [0.4, 0.5) is 5.82 Å². The highest BCUT2D eigenvalue weighted by Gasteiger charge is 2.16. The fourth-order valence-electron chi connectivity index (χ4n) is 3.47. The molecule has 1 saturated carbocycles.